The van der Waals surface area contributed by atoms with Crippen molar-refractivity contribution in [1.29, 1.82) is 0 Å². The van der Waals surface area contributed by atoms with E-state index in [-0.39, 0.29) is 17.8 Å². The Bertz CT molecular complexity index is 204. The first-order chi connectivity index (χ1) is 6.47. The summed E-state index contributed by atoms with van der Waals surface area (Å²) in [6.07, 6.45) is 0. The molecule has 0 aromatic carbocycles. The SMILES string of the molecule is COC(=O)C(C)CNC(=O)CN(C)C. The van der Waals surface area contributed by atoms with Gasteiger partial charge in [-0.15, -0.1) is 0 Å². The predicted octanol–water partition coefficient (Wildman–Crippen LogP) is -0.527. The van der Waals surface area contributed by atoms with Crippen molar-refractivity contribution < 1.29 is 14.3 Å². The van der Waals surface area contributed by atoms with Crippen molar-refractivity contribution in [1.82, 2.24) is 10.2 Å². The molecule has 0 aromatic heterocycles. The summed E-state index contributed by atoms with van der Waals surface area (Å²) >= 11 is 0. The summed E-state index contributed by atoms with van der Waals surface area (Å²) in [6, 6.07) is 0. The molecule has 1 atom stereocenters. The van der Waals surface area contributed by atoms with E-state index in [2.05, 4.69) is 10.1 Å². The minimum Gasteiger partial charge on any atom is -0.469 e. The Balaban J connectivity index is 3.71. The molecule has 0 radical (unpaired) electrons. The normalized spacial score (nSPS) is 12.4. The molecule has 0 aromatic rings. The summed E-state index contributed by atoms with van der Waals surface area (Å²) < 4.78 is 4.52. The minimum absolute atomic E-state index is 0.0919. The third-order valence-corrected chi connectivity index (χ3v) is 1.67. The molecule has 0 saturated carbocycles. The van der Waals surface area contributed by atoms with Crippen molar-refractivity contribution in [2.75, 3.05) is 34.3 Å². The summed E-state index contributed by atoms with van der Waals surface area (Å²) in [5.74, 6) is -0.702. The first kappa shape index (κ1) is 12.9. The van der Waals surface area contributed by atoms with E-state index >= 15 is 0 Å². The molecular weight excluding hydrogens is 184 g/mol. The van der Waals surface area contributed by atoms with Crippen molar-refractivity contribution >= 4 is 11.9 Å². The van der Waals surface area contributed by atoms with Gasteiger partial charge in [0, 0.05) is 6.54 Å². The van der Waals surface area contributed by atoms with Crippen LogP contribution in [0.25, 0.3) is 0 Å². The Labute approximate surface area is 84.4 Å². The number of nitrogens with zero attached hydrogens (tertiary/aromatic N) is 1. The first-order valence-electron chi connectivity index (χ1n) is 4.46. The zero-order valence-electron chi connectivity index (χ0n) is 9.16. The minimum atomic E-state index is -0.310. The maximum absolute atomic E-state index is 11.2. The summed E-state index contributed by atoms with van der Waals surface area (Å²) in [6.45, 7) is 2.36. The summed E-state index contributed by atoms with van der Waals surface area (Å²) in [7, 11) is 4.95. The largest absolute Gasteiger partial charge is 0.469 e. The summed E-state index contributed by atoms with van der Waals surface area (Å²) in [5, 5.41) is 2.65. The molecule has 0 spiro atoms. The lowest BCUT2D eigenvalue weighted by atomic mass is 10.2. The van der Waals surface area contributed by atoms with Crippen LogP contribution in [0.15, 0.2) is 0 Å². The van der Waals surface area contributed by atoms with E-state index in [0.29, 0.717) is 13.1 Å². The molecule has 1 N–H and O–H groups in total. The van der Waals surface area contributed by atoms with Gasteiger partial charge in [-0.1, -0.05) is 6.92 Å². The maximum atomic E-state index is 11.2. The number of ether oxygens (including phenoxy) is 1. The van der Waals surface area contributed by atoms with Crippen LogP contribution in [0.5, 0.6) is 0 Å². The van der Waals surface area contributed by atoms with Gasteiger partial charge in [-0.05, 0) is 14.1 Å². The lowest BCUT2D eigenvalue weighted by Gasteiger charge is -2.12. The van der Waals surface area contributed by atoms with Crippen LogP contribution in [0.3, 0.4) is 0 Å². The van der Waals surface area contributed by atoms with E-state index in [1.54, 1.807) is 11.8 Å². The zero-order valence-corrected chi connectivity index (χ0v) is 9.16. The maximum Gasteiger partial charge on any atom is 0.310 e. The molecular formula is C9H18N2O3. The Hall–Kier alpha value is -1.10. The van der Waals surface area contributed by atoms with Gasteiger partial charge in [0.05, 0.1) is 19.6 Å². The van der Waals surface area contributed by atoms with Gasteiger partial charge >= 0.3 is 5.97 Å². The fourth-order valence-corrected chi connectivity index (χ4v) is 0.895. The standard InChI is InChI=1S/C9H18N2O3/c1-7(9(13)14-4)5-10-8(12)6-11(2)3/h7H,5-6H2,1-4H3,(H,10,12). The van der Waals surface area contributed by atoms with E-state index < -0.39 is 0 Å². The number of esters is 1. The van der Waals surface area contributed by atoms with E-state index in [1.165, 1.54) is 7.11 Å². The number of nitrogens with one attached hydrogen (secondary N) is 1. The number of amides is 1. The van der Waals surface area contributed by atoms with Crippen molar-refractivity contribution in [3.05, 3.63) is 0 Å². The topological polar surface area (TPSA) is 58.6 Å². The van der Waals surface area contributed by atoms with Crippen molar-refractivity contribution in [2.45, 2.75) is 6.92 Å². The van der Waals surface area contributed by atoms with Gasteiger partial charge in [-0.2, -0.15) is 0 Å². The fraction of sp³-hybridized carbons (Fsp3) is 0.778. The lowest BCUT2D eigenvalue weighted by molar-refractivity contribution is -0.144. The highest BCUT2D eigenvalue weighted by molar-refractivity contribution is 5.79. The van der Waals surface area contributed by atoms with E-state index in [1.807, 2.05) is 14.1 Å². The van der Waals surface area contributed by atoms with Crippen molar-refractivity contribution in [3.8, 4) is 0 Å². The third-order valence-electron chi connectivity index (χ3n) is 1.67. The Morgan fingerprint density at radius 3 is 2.43 bits per heavy atom. The Morgan fingerprint density at radius 1 is 1.43 bits per heavy atom. The monoisotopic (exact) mass is 202 g/mol. The van der Waals surface area contributed by atoms with Gasteiger partial charge in [-0.3, -0.25) is 9.59 Å². The molecule has 0 rings (SSSR count). The molecule has 1 unspecified atom stereocenters. The number of hydrogen-bond acceptors (Lipinski definition) is 4. The van der Waals surface area contributed by atoms with E-state index in [0.717, 1.165) is 0 Å². The Morgan fingerprint density at radius 2 is 2.00 bits per heavy atom. The molecule has 5 nitrogen and oxygen atoms in total. The Kier molecular flexibility index (Phi) is 5.87. The van der Waals surface area contributed by atoms with E-state index in [9.17, 15) is 9.59 Å². The molecule has 0 bridgehead atoms. The fourth-order valence-electron chi connectivity index (χ4n) is 0.895. The summed E-state index contributed by atoms with van der Waals surface area (Å²) in [5.41, 5.74) is 0. The quantitative estimate of drug-likeness (QED) is 0.609. The average Bonchev–Trinajstić information content (AvgIpc) is 2.11. The number of methoxy groups -OCH3 is 1. The highest BCUT2D eigenvalue weighted by atomic mass is 16.5. The van der Waals surface area contributed by atoms with Crippen LogP contribution < -0.4 is 5.32 Å². The van der Waals surface area contributed by atoms with Crippen LogP contribution in [-0.4, -0.2) is 51.1 Å². The molecule has 0 heterocycles. The zero-order chi connectivity index (χ0) is 11.1. The van der Waals surface area contributed by atoms with Crippen LogP contribution in [-0.2, 0) is 14.3 Å². The molecule has 5 heteroatoms. The number of rotatable bonds is 5. The lowest BCUT2D eigenvalue weighted by Crippen LogP contribution is -2.37. The average molecular weight is 202 g/mol. The second kappa shape index (κ2) is 6.37. The molecule has 0 fully saturated rings. The highest BCUT2D eigenvalue weighted by Crippen LogP contribution is 1.94. The van der Waals surface area contributed by atoms with Crippen molar-refractivity contribution in [3.63, 3.8) is 0 Å². The third kappa shape index (κ3) is 5.53. The van der Waals surface area contributed by atoms with Gasteiger partial charge in [0.1, 0.15) is 0 Å². The second-order valence-corrected chi connectivity index (χ2v) is 3.47. The van der Waals surface area contributed by atoms with Crippen LogP contribution in [0.1, 0.15) is 6.92 Å². The molecule has 0 saturated heterocycles. The number of likely N-dealkylation sites (N-methyl/N-ethyl adjacent to an activating group) is 1. The van der Waals surface area contributed by atoms with Gasteiger partial charge in [0.2, 0.25) is 5.91 Å². The van der Waals surface area contributed by atoms with Gasteiger partial charge in [-0.25, -0.2) is 0 Å². The van der Waals surface area contributed by atoms with Gasteiger partial charge in [0.15, 0.2) is 0 Å². The summed E-state index contributed by atoms with van der Waals surface area (Å²) in [4.78, 5) is 23.9. The highest BCUT2D eigenvalue weighted by Gasteiger charge is 2.13. The van der Waals surface area contributed by atoms with Crippen LogP contribution >= 0.6 is 0 Å². The molecule has 0 aliphatic carbocycles. The first-order valence-corrected chi connectivity index (χ1v) is 4.46. The molecule has 82 valence electrons. The predicted molar refractivity (Wildman–Crippen MR) is 52.7 cm³/mol. The van der Waals surface area contributed by atoms with Gasteiger partial charge in [0.25, 0.3) is 0 Å². The van der Waals surface area contributed by atoms with Crippen LogP contribution in [0, 0.1) is 5.92 Å². The smallest absolute Gasteiger partial charge is 0.310 e. The van der Waals surface area contributed by atoms with Crippen LogP contribution in [0.4, 0.5) is 0 Å². The van der Waals surface area contributed by atoms with Crippen LogP contribution in [0.2, 0.25) is 0 Å². The number of carbonyl (C=O) groups is 2. The number of carbonyl (C=O) groups excluding carboxylic acids is 2. The molecule has 1 amide bonds. The second-order valence-electron chi connectivity index (χ2n) is 3.47. The molecule has 0 aliphatic rings. The molecule has 0 aliphatic heterocycles. The molecule has 14 heavy (non-hydrogen) atoms. The van der Waals surface area contributed by atoms with Gasteiger partial charge < -0.3 is 15.0 Å². The number of hydrogen-bond donors (Lipinski definition) is 1. The van der Waals surface area contributed by atoms with Crippen molar-refractivity contribution in [2.24, 2.45) is 5.92 Å². The van der Waals surface area contributed by atoms with E-state index in [4.69, 9.17) is 0 Å².